The summed E-state index contributed by atoms with van der Waals surface area (Å²) in [5, 5.41) is 0. The Labute approximate surface area is 96.1 Å². The number of rotatable bonds is 2. The fourth-order valence-electron chi connectivity index (χ4n) is 2.60. The summed E-state index contributed by atoms with van der Waals surface area (Å²) in [6.45, 7) is 0. The maximum Gasteiger partial charge on any atom is 0.184 e. The van der Waals surface area contributed by atoms with Crippen LogP contribution in [0.2, 0.25) is 0 Å². The van der Waals surface area contributed by atoms with Crippen LogP contribution in [0.3, 0.4) is 0 Å². The SMILES string of the molecule is O=C(c1ccc2c(n1)CCCC2)C1CCC1. The van der Waals surface area contributed by atoms with Gasteiger partial charge in [-0.1, -0.05) is 12.5 Å². The number of nitrogens with zero attached hydrogens (tertiary/aromatic N) is 1. The molecule has 2 aliphatic rings. The van der Waals surface area contributed by atoms with Crippen LogP contribution in [0.4, 0.5) is 0 Å². The molecule has 1 heterocycles. The number of carbonyl (C=O) groups is 1. The summed E-state index contributed by atoms with van der Waals surface area (Å²) >= 11 is 0. The van der Waals surface area contributed by atoms with E-state index in [1.807, 2.05) is 6.07 Å². The van der Waals surface area contributed by atoms with Crippen molar-refractivity contribution in [3.05, 3.63) is 29.1 Å². The molecule has 0 aliphatic heterocycles. The van der Waals surface area contributed by atoms with Crippen molar-refractivity contribution in [2.45, 2.75) is 44.9 Å². The van der Waals surface area contributed by atoms with Crippen LogP contribution in [0.5, 0.6) is 0 Å². The molecule has 0 radical (unpaired) electrons. The van der Waals surface area contributed by atoms with E-state index in [1.54, 1.807) is 0 Å². The highest BCUT2D eigenvalue weighted by Crippen LogP contribution is 2.30. The van der Waals surface area contributed by atoms with Gasteiger partial charge < -0.3 is 0 Å². The van der Waals surface area contributed by atoms with E-state index in [0.29, 0.717) is 5.69 Å². The molecule has 0 spiro atoms. The minimum atomic E-state index is 0.272. The van der Waals surface area contributed by atoms with Crippen molar-refractivity contribution in [1.29, 1.82) is 0 Å². The van der Waals surface area contributed by atoms with Crippen LogP contribution >= 0.6 is 0 Å². The lowest BCUT2D eigenvalue weighted by atomic mass is 9.81. The summed E-state index contributed by atoms with van der Waals surface area (Å²) in [4.78, 5) is 16.6. The van der Waals surface area contributed by atoms with Crippen molar-refractivity contribution in [1.82, 2.24) is 4.98 Å². The summed E-state index contributed by atoms with van der Waals surface area (Å²) in [6, 6.07) is 4.05. The molecule has 0 aromatic carbocycles. The highest BCUT2D eigenvalue weighted by atomic mass is 16.1. The number of ketones is 1. The van der Waals surface area contributed by atoms with Crippen LogP contribution in [0.1, 0.15) is 53.8 Å². The molecular formula is C14H17NO. The zero-order valence-electron chi connectivity index (χ0n) is 9.54. The average molecular weight is 215 g/mol. The van der Waals surface area contributed by atoms with E-state index in [1.165, 1.54) is 30.5 Å². The van der Waals surface area contributed by atoms with Crippen LogP contribution < -0.4 is 0 Å². The van der Waals surface area contributed by atoms with E-state index in [4.69, 9.17) is 0 Å². The van der Waals surface area contributed by atoms with Crippen molar-refractivity contribution in [2.24, 2.45) is 5.92 Å². The first-order chi connectivity index (χ1) is 7.84. The molecule has 1 aromatic heterocycles. The molecule has 1 saturated carbocycles. The Morgan fingerprint density at radius 2 is 1.94 bits per heavy atom. The van der Waals surface area contributed by atoms with E-state index >= 15 is 0 Å². The molecule has 0 atom stereocenters. The topological polar surface area (TPSA) is 30.0 Å². The number of pyridine rings is 1. The lowest BCUT2D eigenvalue weighted by Crippen LogP contribution is -2.23. The van der Waals surface area contributed by atoms with E-state index < -0.39 is 0 Å². The van der Waals surface area contributed by atoms with Gasteiger partial charge in [0, 0.05) is 11.6 Å². The monoisotopic (exact) mass is 215 g/mol. The Hall–Kier alpha value is -1.18. The molecule has 1 fully saturated rings. The summed E-state index contributed by atoms with van der Waals surface area (Å²) in [5.74, 6) is 0.550. The van der Waals surface area contributed by atoms with Gasteiger partial charge in [-0.2, -0.15) is 0 Å². The quantitative estimate of drug-likeness (QED) is 0.710. The molecular weight excluding hydrogens is 198 g/mol. The summed E-state index contributed by atoms with van der Waals surface area (Å²) in [6.07, 6.45) is 8.03. The third kappa shape index (κ3) is 1.66. The van der Waals surface area contributed by atoms with Gasteiger partial charge in [-0.05, 0) is 50.2 Å². The van der Waals surface area contributed by atoms with E-state index in [2.05, 4.69) is 11.1 Å². The lowest BCUT2D eigenvalue weighted by molar-refractivity contribution is 0.0849. The number of hydrogen-bond acceptors (Lipinski definition) is 2. The number of aromatic nitrogens is 1. The first-order valence-corrected chi connectivity index (χ1v) is 6.37. The molecule has 3 rings (SSSR count). The van der Waals surface area contributed by atoms with Gasteiger partial charge in [0.15, 0.2) is 5.78 Å². The van der Waals surface area contributed by atoms with Gasteiger partial charge in [-0.3, -0.25) is 4.79 Å². The Morgan fingerprint density at radius 1 is 1.12 bits per heavy atom. The van der Waals surface area contributed by atoms with Crippen LogP contribution in [0, 0.1) is 5.92 Å². The number of Topliss-reactive ketones (excluding diaryl/α,β-unsaturated/α-hetero) is 1. The van der Waals surface area contributed by atoms with Crippen molar-refractivity contribution >= 4 is 5.78 Å². The first-order valence-electron chi connectivity index (χ1n) is 6.37. The first kappa shape index (κ1) is 10.0. The van der Waals surface area contributed by atoms with Crippen molar-refractivity contribution in [3.8, 4) is 0 Å². The second-order valence-electron chi connectivity index (χ2n) is 5.00. The molecule has 0 N–H and O–H groups in total. The fraction of sp³-hybridized carbons (Fsp3) is 0.571. The zero-order valence-corrected chi connectivity index (χ0v) is 9.54. The smallest absolute Gasteiger partial charge is 0.184 e. The van der Waals surface area contributed by atoms with Gasteiger partial charge in [0.05, 0.1) is 0 Å². The molecule has 0 amide bonds. The highest BCUT2D eigenvalue weighted by molar-refractivity contribution is 5.96. The number of hydrogen-bond donors (Lipinski definition) is 0. The molecule has 0 bridgehead atoms. The Bertz CT molecular complexity index is 421. The second kappa shape index (κ2) is 4.00. The predicted octanol–water partition coefficient (Wildman–Crippen LogP) is 2.94. The largest absolute Gasteiger partial charge is 0.292 e. The molecule has 1 aromatic rings. The predicted molar refractivity (Wildman–Crippen MR) is 62.6 cm³/mol. The maximum absolute atomic E-state index is 12.1. The Morgan fingerprint density at radius 3 is 2.69 bits per heavy atom. The van der Waals surface area contributed by atoms with Crippen LogP contribution in [-0.2, 0) is 12.8 Å². The molecule has 0 unspecified atom stereocenters. The third-order valence-corrected chi connectivity index (χ3v) is 3.91. The van der Waals surface area contributed by atoms with Gasteiger partial charge >= 0.3 is 0 Å². The molecule has 2 nitrogen and oxygen atoms in total. The summed E-state index contributed by atoms with van der Waals surface area (Å²) < 4.78 is 0. The van der Waals surface area contributed by atoms with Crippen molar-refractivity contribution < 1.29 is 4.79 Å². The van der Waals surface area contributed by atoms with Gasteiger partial charge in [-0.25, -0.2) is 4.98 Å². The number of fused-ring (bicyclic) bond motifs is 1. The van der Waals surface area contributed by atoms with Crippen LogP contribution in [-0.4, -0.2) is 10.8 Å². The Kier molecular flexibility index (Phi) is 2.50. The molecule has 84 valence electrons. The van der Waals surface area contributed by atoms with E-state index in [-0.39, 0.29) is 11.7 Å². The third-order valence-electron chi connectivity index (χ3n) is 3.91. The van der Waals surface area contributed by atoms with Gasteiger partial charge in [0.25, 0.3) is 0 Å². The molecule has 2 heteroatoms. The minimum absolute atomic E-state index is 0.272. The van der Waals surface area contributed by atoms with Crippen molar-refractivity contribution in [2.75, 3.05) is 0 Å². The number of aryl methyl sites for hydroxylation is 2. The van der Waals surface area contributed by atoms with E-state index in [0.717, 1.165) is 25.7 Å². The number of carbonyl (C=O) groups excluding carboxylic acids is 1. The average Bonchev–Trinajstić information content (AvgIpc) is 2.26. The van der Waals surface area contributed by atoms with Crippen LogP contribution in [0.15, 0.2) is 12.1 Å². The standard InChI is InChI=1S/C14H17NO/c16-14(11-5-3-6-11)13-9-8-10-4-1-2-7-12(10)15-13/h8-9,11H,1-7H2. The van der Waals surface area contributed by atoms with Gasteiger partial charge in [0.2, 0.25) is 0 Å². The molecule has 16 heavy (non-hydrogen) atoms. The fourth-order valence-corrected chi connectivity index (χ4v) is 2.60. The van der Waals surface area contributed by atoms with Gasteiger partial charge in [0.1, 0.15) is 5.69 Å². The Balaban J connectivity index is 1.87. The van der Waals surface area contributed by atoms with Gasteiger partial charge in [-0.15, -0.1) is 0 Å². The second-order valence-corrected chi connectivity index (χ2v) is 5.00. The van der Waals surface area contributed by atoms with Crippen molar-refractivity contribution in [3.63, 3.8) is 0 Å². The lowest BCUT2D eigenvalue weighted by Gasteiger charge is -2.24. The molecule has 0 saturated heterocycles. The summed E-state index contributed by atoms with van der Waals surface area (Å²) in [7, 11) is 0. The van der Waals surface area contributed by atoms with E-state index in [9.17, 15) is 4.79 Å². The van der Waals surface area contributed by atoms with Crippen LogP contribution in [0.25, 0.3) is 0 Å². The highest BCUT2D eigenvalue weighted by Gasteiger charge is 2.27. The minimum Gasteiger partial charge on any atom is -0.292 e. The summed E-state index contributed by atoms with van der Waals surface area (Å²) in [5.41, 5.74) is 3.25. The normalized spacial score (nSPS) is 20.0. The maximum atomic E-state index is 12.1. The molecule has 2 aliphatic carbocycles. The zero-order chi connectivity index (χ0) is 11.0.